The highest BCUT2D eigenvalue weighted by Crippen LogP contribution is 2.17. The molecule has 0 unspecified atom stereocenters. The molecular formula is C11H11N. The van der Waals surface area contributed by atoms with E-state index in [1.165, 1.54) is 16.7 Å². The molecule has 0 aromatic heterocycles. The molecule has 1 heterocycles. The van der Waals surface area contributed by atoms with Crippen molar-refractivity contribution >= 4 is 11.8 Å². The normalized spacial score (nSPS) is 14.9. The average Bonchev–Trinajstić information content (AvgIpc) is 2.56. The molecule has 2 rings (SSSR count). The lowest BCUT2D eigenvalue weighted by Gasteiger charge is -2.01. The second kappa shape index (κ2) is 2.94. The number of nitrogens with zero attached hydrogens (tertiary/aromatic N) is 1. The van der Waals surface area contributed by atoms with E-state index in [4.69, 9.17) is 0 Å². The predicted octanol–water partition coefficient (Wildman–Crippen LogP) is 2.46. The summed E-state index contributed by atoms with van der Waals surface area (Å²) in [5.41, 5.74) is 3.92. The molecule has 12 heavy (non-hydrogen) atoms. The Morgan fingerprint density at radius 1 is 1.33 bits per heavy atom. The van der Waals surface area contributed by atoms with E-state index in [0.29, 0.717) is 0 Å². The van der Waals surface area contributed by atoms with Gasteiger partial charge in [0.25, 0.3) is 0 Å². The lowest BCUT2D eigenvalue weighted by molar-refractivity contribution is 1.29. The molecule has 0 radical (unpaired) electrons. The van der Waals surface area contributed by atoms with E-state index in [-0.39, 0.29) is 0 Å². The molecule has 0 aliphatic carbocycles. The van der Waals surface area contributed by atoms with Gasteiger partial charge in [0, 0.05) is 6.21 Å². The lowest BCUT2D eigenvalue weighted by Crippen LogP contribution is -1.85. The van der Waals surface area contributed by atoms with Gasteiger partial charge in [0.1, 0.15) is 0 Å². The Labute approximate surface area is 72.5 Å². The van der Waals surface area contributed by atoms with Crippen LogP contribution in [-0.4, -0.2) is 12.8 Å². The minimum atomic E-state index is 0.837. The van der Waals surface area contributed by atoms with Crippen LogP contribution in [0.1, 0.15) is 11.1 Å². The Hall–Kier alpha value is -1.37. The zero-order valence-corrected chi connectivity index (χ0v) is 7.12. The quantitative estimate of drug-likeness (QED) is 0.593. The van der Waals surface area contributed by atoms with E-state index in [1.54, 1.807) is 0 Å². The molecule has 1 aliphatic rings. The van der Waals surface area contributed by atoms with E-state index in [0.717, 1.165) is 6.54 Å². The van der Waals surface area contributed by atoms with Gasteiger partial charge < -0.3 is 0 Å². The van der Waals surface area contributed by atoms with E-state index in [9.17, 15) is 0 Å². The van der Waals surface area contributed by atoms with Crippen LogP contribution in [0.3, 0.4) is 0 Å². The standard InChI is InChI=1S/C11H11N/c1-9-3-2-4-10(7-9)11-5-6-12-8-11/h2-7H,8H2,1H3. The summed E-state index contributed by atoms with van der Waals surface area (Å²) in [7, 11) is 0. The molecule has 0 bridgehead atoms. The average molecular weight is 157 g/mol. The monoisotopic (exact) mass is 157 g/mol. The van der Waals surface area contributed by atoms with Crippen molar-refractivity contribution < 1.29 is 0 Å². The van der Waals surface area contributed by atoms with Crippen LogP contribution in [0.5, 0.6) is 0 Å². The Kier molecular flexibility index (Phi) is 1.78. The van der Waals surface area contributed by atoms with Crippen LogP contribution in [0.4, 0.5) is 0 Å². The maximum atomic E-state index is 4.15. The predicted molar refractivity (Wildman–Crippen MR) is 52.5 cm³/mol. The van der Waals surface area contributed by atoms with Gasteiger partial charge >= 0.3 is 0 Å². The number of rotatable bonds is 1. The number of hydrogen-bond acceptors (Lipinski definition) is 1. The largest absolute Gasteiger partial charge is 0.288 e. The van der Waals surface area contributed by atoms with Crippen molar-refractivity contribution in [2.45, 2.75) is 6.92 Å². The topological polar surface area (TPSA) is 12.4 Å². The number of allylic oxidation sites excluding steroid dienone is 1. The Balaban J connectivity index is 2.35. The summed E-state index contributed by atoms with van der Waals surface area (Å²) in [5, 5.41) is 0. The summed E-state index contributed by atoms with van der Waals surface area (Å²) in [6.07, 6.45) is 3.95. The van der Waals surface area contributed by atoms with Gasteiger partial charge in [0.15, 0.2) is 0 Å². The van der Waals surface area contributed by atoms with Crippen LogP contribution >= 0.6 is 0 Å². The summed E-state index contributed by atoms with van der Waals surface area (Å²) in [6, 6.07) is 8.53. The third-order valence-electron chi connectivity index (χ3n) is 2.03. The molecule has 0 fully saturated rings. The van der Waals surface area contributed by atoms with Crippen LogP contribution in [0, 0.1) is 6.92 Å². The molecule has 1 aromatic carbocycles. The summed E-state index contributed by atoms with van der Waals surface area (Å²) in [4.78, 5) is 4.15. The second-order valence-electron chi connectivity index (χ2n) is 3.05. The SMILES string of the molecule is Cc1cccc(C2=CC=NC2)c1. The second-order valence-corrected chi connectivity index (χ2v) is 3.05. The third kappa shape index (κ3) is 1.30. The number of aryl methyl sites for hydroxylation is 1. The molecule has 0 saturated heterocycles. The van der Waals surface area contributed by atoms with Crippen molar-refractivity contribution in [3.63, 3.8) is 0 Å². The Morgan fingerprint density at radius 3 is 2.92 bits per heavy atom. The molecule has 0 amide bonds. The summed E-state index contributed by atoms with van der Waals surface area (Å²) in [6.45, 7) is 2.95. The van der Waals surface area contributed by atoms with Crippen molar-refractivity contribution in [1.82, 2.24) is 0 Å². The first kappa shape index (κ1) is 7.29. The van der Waals surface area contributed by atoms with Gasteiger partial charge in [-0.05, 0) is 24.1 Å². The number of aliphatic imine (C=N–C) groups is 1. The molecule has 0 N–H and O–H groups in total. The van der Waals surface area contributed by atoms with E-state index in [2.05, 4.69) is 42.3 Å². The summed E-state index contributed by atoms with van der Waals surface area (Å²) < 4.78 is 0. The highest BCUT2D eigenvalue weighted by Gasteiger charge is 2.02. The fraction of sp³-hybridized carbons (Fsp3) is 0.182. The third-order valence-corrected chi connectivity index (χ3v) is 2.03. The van der Waals surface area contributed by atoms with Gasteiger partial charge in [0.2, 0.25) is 0 Å². The van der Waals surface area contributed by atoms with Crippen molar-refractivity contribution in [3.05, 3.63) is 41.5 Å². The molecular weight excluding hydrogens is 146 g/mol. The maximum Gasteiger partial charge on any atom is 0.0646 e. The Morgan fingerprint density at radius 2 is 2.25 bits per heavy atom. The van der Waals surface area contributed by atoms with Crippen LogP contribution in [0.2, 0.25) is 0 Å². The van der Waals surface area contributed by atoms with Crippen molar-refractivity contribution in [1.29, 1.82) is 0 Å². The first-order chi connectivity index (χ1) is 5.86. The molecule has 0 spiro atoms. The van der Waals surface area contributed by atoms with Crippen molar-refractivity contribution in [3.8, 4) is 0 Å². The molecule has 1 aliphatic heterocycles. The molecule has 1 aromatic rings. The molecule has 60 valence electrons. The fourth-order valence-electron chi connectivity index (χ4n) is 1.38. The van der Waals surface area contributed by atoms with Crippen molar-refractivity contribution in [2.24, 2.45) is 4.99 Å². The highest BCUT2D eigenvalue weighted by atomic mass is 14.7. The van der Waals surface area contributed by atoms with E-state index >= 15 is 0 Å². The highest BCUT2D eigenvalue weighted by molar-refractivity contribution is 5.89. The van der Waals surface area contributed by atoms with Gasteiger partial charge in [-0.3, -0.25) is 4.99 Å². The van der Waals surface area contributed by atoms with Gasteiger partial charge in [-0.15, -0.1) is 0 Å². The van der Waals surface area contributed by atoms with Gasteiger partial charge in [-0.25, -0.2) is 0 Å². The molecule has 1 nitrogen and oxygen atoms in total. The smallest absolute Gasteiger partial charge is 0.0646 e. The molecule has 0 saturated carbocycles. The number of hydrogen-bond donors (Lipinski definition) is 0. The van der Waals surface area contributed by atoms with Crippen LogP contribution in [0.15, 0.2) is 35.3 Å². The van der Waals surface area contributed by atoms with Gasteiger partial charge in [-0.2, -0.15) is 0 Å². The summed E-state index contributed by atoms with van der Waals surface area (Å²) >= 11 is 0. The van der Waals surface area contributed by atoms with Crippen LogP contribution < -0.4 is 0 Å². The van der Waals surface area contributed by atoms with Gasteiger partial charge in [-0.1, -0.05) is 29.8 Å². The fourth-order valence-corrected chi connectivity index (χ4v) is 1.38. The van der Waals surface area contributed by atoms with Crippen LogP contribution in [0.25, 0.3) is 5.57 Å². The first-order valence-corrected chi connectivity index (χ1v) is 4.12. The minimum absolute atomic E-state index is 0.837. The van der Waals surface area contributed by atoms with E-state index < -0.39 is 0 Å². The van der Waals surface area contributed by atoms with Crippen LogP contribution in [-0.2, 0) is 0 Å². The number of benzene rings is 1. The first-order valence-electron chi connectivity index (χ1n) is 4.12. The van der Waals surface area contributed by atoms with Gasteiger partial charge in [0.05, 0.1) is 6.54 Å². The lowest BCUT2D eigenvalue weighted by atomic mass is 10.0. The summed E-state index contributed by atoms with van der Waals surface area (Å²) in [5.74, 6) is 0. The zero-order valence-electron chi connectivity index (χ0n) is 7.12. The minimum Gasteiger partial charge on any atom is -0.288 e. The Bertz CT molecular complexity index is 348. The maximum absolute atomic E-state index is 4.15. The van der Waals surface area contributed by atoms with E-state index in [1.807, 2.05) is 6.21 Å². The zero-order chi connectivity index (χ0) is 8.39. The molecule has 0 atom stereocenters. The molecule has 1 heteroatoms. The van der Waals surface area contributed by atoms with Crippen molar-refractivity contribution in [2.75, 3.05) is 6.54 Å².